The van der Waals surface area contributed by atoms with Gasteiger partial charge in [-0.05, 0) is 24.3 Å². The third-order valence-electron chi connectivity index (χ3n) is 3.55. The second-order valence-electron chi connectivity index (χ2n) is 5.39. The zero-order chi connectivity index (χ0) is 21.6. The Morgan fingerprint density at radius 2 is 1.83 bits per heavy atom. The number of aromatic nitrogens is 2. The van der Waals surface area contributed by atoms with Gasteiger partial charge in [-0.1, -0.05) is 23.2 Å². The molecule has 1 heterocycles. The maximum Gasteiger partial charge on any atom is 0.340 e. The Kier molecular flexibility index (Phi) is 7.25. The van der Waals surface area contributed by atoms with Crippen LogP contribution in [-0.4, -0.2) is 41.9 Å². The monoisotopic (exact) mass is 432 g/mol. The lowest BCUT2D eigenvalue weighted by atomic mass is 10.1. The van der Waals surface area contributed by atoms with E-state index in [-0.39, 0.29) is 44.0 Å². The standard InChI is InChI=1S/C18H14Cl2N6O3/c1-23-8-9(7-21)16(22)13-3-4-14(26-25-13)17(27)24-15-6-12(20)11(19)5-10(15)18(28)29-2/h3-6,8,22-23H,1-2H3,(H,24,27)/b9-8-,22-16?. The Labute approximate surface area is 175 Å². The molecule has 11 heteroatoms. The number of carbonyl (C=O) groups is 2. The van der Waals surface area contributed by atoms with Crippen LogP contribution in [0.4, 0.5) is 5.69 Å². The van der Waals surface area contributed by atoms with E-state index in [1.54, 1.807) is 7.05 Å². The van der Waals surface area contributed by atoms with Gasteiger partial charge in [-0.25, -0.2) is 4.79 Å². The van der Waals surface area contributed by atoms with E-state index in [1.165, 1.54) is 37.6 Å². The van der Waals surface area contributed by atoms with Crippen molar-refractivity contribution in [1.29, 1.82) is 10.7 Å². The topological polar surface area (TPSA) is 141 Å². The van der Waals surface area contributed by atoms with Crippen LogP contribution in [0.5, 0.6) is 0 Å². The number of hydrogen-bond acceptors (Lipinski definition) is 8. The zero-order valence-corrected chi connectivity index (χ0v) is 16.7. The lowest BCUT2D eigenvalue weighted by Crippen LogP contribution is -2.18. The molecule has 9 nitrogen and oxygen atoms in total. The van der Waals surface area contributed by atoms with Gasteiger partial charge >= 0.3 is 5.97 Å². The number of hydrogen-bond donors (Lipinski definition) is 3. The predicted octanol–water partition coefficient (Wildman–Crippen LogP) is 2.82. The lowest BCUT2D eigenvalue weighted by Gasteiger charge is -2.11. The summed E-state index contributed by atoms with van der Waals surface area (Å²) >= 11 is 11.9. The number of ether oxygens (including phenoxy) is 1. The summed E-state index contributed by atoms with van der Waals surface area (Å²) in [6, 6.07) is 7.16. The van der Waals surface area contributed by atoms with E-state index < -0.39 is 11.9 Å². The number of anilines is 1. The van der Waals surface area contributed by atoms with E-state index in [0.717, 1.165) is 0 Å². The molecule has 0 fully saturated rings. The van der Waals surface area contributed by atoms with Gasteiger partial charge in [-0.3, -0.25) is 10.2 Å². The first-order valence-electron chi connectivity index (χ1n) is 7.91. The summed E-state index contributed by atoms with van der Waals surface area (Å²) in [6.07, 6.45) is 1.35. The van der Waals surface area contributed by atoms with E-state index in [2.05, 4.69) is 25.6 Å². The summed E-state index contributed by atoms with van der Waals surface area (Å²) < 4.78 is 4.67. The molecule has 1 aromatic carbocycles. The quantitative estimate of drug-likeness (QED) is 0.361. The van der Waals surface area contributed by atoms with Crippen LogP contribution in [0.25, 0.3) is 0 Å². The van der Waals surface area contributed by atoms with Crippen molar-refractivity contribution in [2.45, 2.75) is 0 Å². The third kappa shape index (κ3) is 5.07. The van der Waals surface area contributed by atoms with Crippen molar-refractivity contribution in [3.63, 3.8) is 0 Å². The van der Waals surface area contributed by atoms with Crippen molar-refractivity contribution in [1.82, 2.24) is 15.5 Å². The first-order valence-corrected chi connectivity index (χ1v) is 8.67. The highest BCUT2D eigenvalue weighted by Gasteiger charge is 2.19. The van der Waals surface area contributed by atoms with Crippen LogP contribution in [0.15, 0.2) is 36.0 Å². The van der Waals surface area contributed by atoms with Crippen LogP contribution in [0.3, 0.4) is 0 Å². The van der Waals surface area contributed by atoms with E-state index in [1.807, 2.05) is 6.07 Å². The molecule has 2 aromatic rings. The molecule has 148 valence electrons. The number of halogens is 2. The van der Waals surface area contributed by atoms with Gasteiger partial charge in [-0.15, -0.1) is 10.2 Å². The van der Waals surface area contributed by atoms with Gasteiger partial charge in [0, 0.05) is 13.2 Å². The van der Waals surface area contributed by atoms with Crippen molar-refractivity contribution in [2.75, 3.05) is 19.5 Å². The zero-order valence-electron chi connectivity index (χ0n) is 15.2. The fourth-order valence-electron chi connectivity index (χ4n) is 2.14. The molecular formula is C18H14Cl2N6O3. The highest BCUT2D eigenvalue weighted by Crippen LogP contribution is 2.30. The van der Waals surface area contributed by atoms with E-state index in [9.17, 15) is 9.59 Å². The summed E-state index contributed by atoms with van der Waals surface area (Å²) in [7, 11) is 2.78. The van der Waals surface area contributed by atoms with Gasteiger partial charge in [0.2, 0.25) is 0 Å². The van der Waals surface area contributed by atoms with Gasteiger partial charge < -0.3 is 15.4 Å². The summed E-state index contributed by atoms with van der Waals surface area (Å²) in [5.41, 5.74) is 0.0151. The van der Waals surface area contributed by atoms with Crippen molar-refractivity contribution in [2.24, 2.45) is 0 Å². The van der Waals surface area contributed by atoms with Crippen LogP contribution in [0.2, 0.25) is 10.0 Å². The second-order valence-corrected chi connectivity index (χ2v) is 6.21. The van der Waals surface area contributed by atoms with Crippen molar-refractivity contribution < 1.29 is 14.3 Å². The SMILES string of the molecule is CN/C=C(/C#N)C(=N)c1ccc(C(=O)Nc2cc(Cl)c(Cl)cc2C(=O)OC)nn1. The Balaban J connectivity index is 2.28. The lowest BCUT2D eigenvalue weighted by molar-refractivity contribution is 0.0602. The number of methoxy groups -OCH3 is 1. The first-order chi connectivity index (χ1) is 13.8. The normalized spacial score (nSPS) is 10.7. The molecule has 0 atom stereocenters. The molecule has 0 aliphatic rings. The molecule has 0 spiro atoms. The number of nitrogens with one attached hydrogen (secondary N) is 3. The van der Waals surface area contributed by atoms with Gasteiger partial charge in [0.15, 0.2) is 5.69 Å². The van der Waals surface area contributed by atoms with Crippen LogP contribution < -0.4 is 10.6 Å². The largest absolute Gasteiger partial charge is 0.465 e. The van der Waals surface area contributed by atoms with Gasteiger partial charge in [-0.2, -0.15) is 5.26 Å². The number of nitrogens with zero attached hydrogens (tertiary/aromatic N) is 3. The number of amides is 1. The van der Waals surface area contributed by atoms with Gasteiger partial charge in [0.1, 0.15) is 17.5 Å². The van der Waals surface area contributed by atoms with E-state index in [4.69, 9.17) is 33.9 Å². The molecule has 0 saturated carbocycles. The molecule has 2 rings (SSSR count). The van der Waals surface area contributed by atoms with Crippen LogP contribution in [-0.2, 0) is 4.74 Å². The summed E-state index contributed by atoms with van der Waals surface area (Å²) in [5.74, 6) is -1.39. The number of esters is 1. The van der Waals surface area contributed by atoms with Crippen molar-refractivity contribution in [3.8, 4) is 6.07 Å². The minimum absolute atomic E-state index is 0.0115. The number of benzene rings is 1. The molecule has 29 heavy (non-hydrogen) atoms. The predicted molar refractivity (Wildman–Crippen MR) is 107 cm³/mol. The minimum Gasteiger partial charge on any atom is -0.465 e. The Bertz CT molecular complexity index is 1040. The molecule has 0 aliphatic heterocycles. The molecule has 0 aliphatic carbocycles. The average molecular weight is 433 g/mol. The van der Waals surface area contributed by atoms with Gasteiger partial charge in [0.25, 0.3) is 5.91 Å². The fourth-order valence-corrected chi connectivity index (χ4v) is 2.47. The van der Waals surface area contributed by atoms with Crippen LogP contribution in [0, 0.1) is 16.7 Å². The summed E-state index contributed by atoms with van der Waals surface area (Å²) in [6.45, 7) is 0. The summed E-state index contributed by atoms with van der Waals surface area (Å²) in [4.78, 5) is 24.4. The smallest absolute Gasteiger partial charge is 0.340 e. The molecule has 0 saturated heterocycles. The number of allylic oxidation sites excluding steroid dienone is 1. The third-order valence-corrected chi connectivity index (χ3v) is 4.27. The second kappa shape index (κ2) is 9.64. The Morgan fingerprint density at radius 1 is 1.21 bits per heavy atom. The fraction of sp³-hybridized carbons (Fsp3) is 0.111. The number of rotatable bonds is 6. The van der Waals surface area contributed by atoms with Crippen molar-refractivity contribution in [3.05, 3.63) is 63.0 Å². The van der Waals surface area contributed by atoms with Crippen LogP contribution in [0.1, 0.15) is 26.5 Å². The number of nitriles is 1. The summed E-state index contributed by atoms with van der Waals surface area (Å²) in [5, 5.41) is 30.0. The van der Waals surface area contributed by atoms with E-state index >= 15 is 0 Å². The molecule has 1 amide bonds. The molecular weight excluding hydrogens is 419 g/mol. The Morgan fingerprint density at radius 3 is 2.38 bits per heavy atom. The minimum atomic E-state index is -0.714. The molecule has 0 bridgehead atoms. The van der Waals surface area contributed by atoms with E-state index in [0.29, 0.717) is 0 Å². The molecule has 1 aromatic heterocycles. The first kappa shape index (κ1) is 21.8. The Hall–Kier alpha value is -3.48. The maximum absolute atomic E-state index is 12.5. The van der Waals surface area contributed by atoms with Crippen LogP contribution >= 0.6 is 23.2 Å². The molecule has 3 N–H and O–H groups in total. The highest BCUT2D eigenvalue weighted by atomic mass is 35.5. The maximum atomic E-state index is 12.5. The molecule has 0 radical (unpaired) electrons. The van der Waals surface area contributed by atoms with Crippen molar-refractivity contribution >= 4 is 46.5 Å². The van der Waals surface area contributed by atoms with Gasteiger partial charge in [0.05, 0.1) is 34.0 Å². The molecule has 0 unspecified atom stereocenters. The number of carbonyl (C=O) groups excluding carboxylic acids is 2. The average Bonchev–Trinajstić information content (AvgIpc) is 2.73. The highest BCUT2D eigenvalue weighted by molar-refractivity contribution is 6.42.